The predicted molar refractivity (Wildman–Crippen MR) is 111 cm³/mol. The molecule has 3 aliphatic heterocycles. The van der Waals surface area contributed by atoms with Gasteiger partial charge < -0.3 is 24.7 Å². The van der Waals surface area contributed by atoms with Crippen LogP contribution >= 0.6 is 0 Å². The molecule has 0 radical (unpaired) electrons. The molecule has 3 saturated heterocycles. The third-order valence-electron chi connectivity index (χ3n) is 6.49. The average Bonchev–Trinajstić information content (AvgIpc) is 2.99. The van der Waals surface area contributed by atoms with Gasteiger partial charge in [-0.2, -0.15) is 4.31 Å². The van der Waals surface area contributed by atoms with E-state index in [9.17, 15) is 23.4 Å². The summed E-state index contributed by atoms with van der Waals surface area (Å²) in [6.45, 7) is 2.35. The van der Waals surface area contributed by atoms with Crippen molar-refractivity contribution in [2.24, 2.45) is 0 Å². The molecule has 0 unspecified atom stereocenters. The van der Waals surface area contributed by atoms with Gasteiger partial charge in [-0.05, 0) is 37.1 Å². The first-order chi connectivity index (χ1) is 14.1. The molecule has 0 aromatic heterocycles. The van der Waals surface area contributed by atoms with Crippen LogP contribution in [0, 0.1) is 0 Å². The lowest BCUT2D eigenvalue weighted by Gasteiger charge is -2.42. The number of amides is 1. The Morgan fingerprint density at radius 1 is 1.10 bits per heavy atom. The molecule has 9 nitrogen and oxygen atoms in total. The van der Waals surface area contributed by atoms with E-state index in [1.807, 2.05) is 24.3 Å². The van der Waals surface area contributed by atoms with Crippen LogP contribution in [0.3, 0.4) is 0 Å². The number of rotatable bonds is 5. The number of fused-ring (bicyclic) bond motifs is 2. The largest absolute Gasteiger partial charge is 0.491 e. The molecule has 1 aromatic carbocycles. The van der Waals surface area contributed by atoms with Gasteiger partial charge in [0.15, 0.2) is 0 Å². The zero-order valence-corrected chi connectivity index (χ0v) is 17.9. The number of piperazine rings is 1. The topological polar surface area (TPSA) is 111 Å². The Hall–Kier alpha value is -2.04. The van der Waals surface area contributed by atoms with Crippen molar-refractivity contribution in [3.63, 3.8) is 0 Å². The van der Waals surface area contributed by atoms with E-state index in [1.54, 1.807) is 0 Å². The van der Waals surface area contributed by atoms with Crippen LogP contribution in [0.15, 0.2) is 24.3 Å². The molecular weight excluding hydrogens is 410 g/mol. The van der Waals surface area contributed by atoms with Crippen LogP contribution in [0.5, 0.6) is 5.75 Å². The third kappa shape index (κ3) is 4.35. The number of aliphatic hydroxyl groups is 1. The van der Waals surface area contributed by atoms with Crippen LogP contribution < -0.4 is 9.64 Å². The maximum Gasteiger partial charge on any atom is 0.407 e. The summed E-state index contributed by atoms with van der Waals surface area (Å²) in [5, 5.41) is 20.3. The number of hydrogen-bond donors (Lipinski definition) is 2. The number of carboxylic acid groups (broad SMARTS) is 1. The molecule has 4 rings (SSSR count). The van der Waals surface area contributed by atoms with Crippen LogP contribution in [0.4, 0.5) is 10.5 Å². The zero-order valence-electron chi connectivity index (χ0n) is 17.1. The highest BCUT2D eigenvalue weighted by Crippen LogP contribution is 2.41. The van der Waals surface area contributed by atoms with E-state index in [1.165, 1.54) is 15.5 Å². The summed E-state index contributed by atoms with van der Waals surface area (Å²) in [7, 11) is -3.15. The summed E-state index contributed by atoms with van der Waals surface area (Å²) in [5.74, 6) is 0.648. The molecule has 30 heavy (non-hydrogen) atoms. The smallest absolute Gasteiger partial charge is 0.407 e. The summed E-state index contributed by atoms with van der Waals surface area (Å²) in [4.78, 5) is 15.0. The van der Waals surface area contributed by atoms with Crippen molar-refractivity contribution in [2.45, 2.75) is 43.4 Å². The minimum Gasteiger partial charge on any atom is -0.491 e. The molecule has 1 aromatic rings. The molecule has 10 heteroatoms. The Balaban J connectivity index is 1.31. The van der Waals surface area contributed by atoms with E-state index in [0.29, 0.717) is 44.8 Å². The number of hydrogen-bond acceptors (Lipinski definition) is 6. The van der Waals surface area contributed by atoms with Gasteiger partial charge in [-0.3, -0.25) is 0 Å². The predicted octanol–water partition coefficient (Wildman–Crippen LogP) is 1.18. The number of anilines is 1. The van der Waals surface area contributed by atoms with Crippen molar-refractivity contribution >= 4 is 21.8 Å². The van der Waals surface area contributed by atoms with Gasteiger partial charge in [0.1, 0.15) is 18.0 Å². The van der Waals surface area contributed by atoms with Gasteiger partial charge in [0.05, 0.1) is 6.26 Å². The molecule has 1 amide bonds. The zero-order chi connectivity index (χ0) is 21.5. The van der Waals surface area contributed by atoms with E-state index < -0.39 is 21.7 Å². The van der Waals surface area contributed by atoms with Crippen molar-refractivity contribution in [3.05, 3.63) is 24.3 Å². The van der Waals surface area contributed by atoms with Crippen molar-refractivity contribution < 1.29 is 28.2 Å². The monoisotopic (exact) mass is 439 g/mol. The lowest BCUT2D eigenvalue weighted by atomic mass is 9.87. The van der Waals surface area contributed by atoms with Gasteiger partial charge in [0.2, 0.25) is 10.0 Å². The Kier molecular flexibility index (Phi) is 5.58. The number of piperidine rings is 1. The van der Waals surface area contributed by atoms with Crippen molar-refractivity contribution in [1.82, 2.24) is 9.21 Å². The highest BCUT2D eigenvalue weighted by atomic mass is 32.2. The van der Waals surface area contributed by atoms with Crippen molar-refractivity contribution in [1.29, 1.82) is 0 Å². The number of carbonyl (C=O) groups is 1. The lowest BCUT2D eigenvalue weighted by molar-refractivity contribution is -0.0705. The summed E-state index contributed by atoms with van der Waals surface area (Å²) in [5.41, 5.74) is -0.0136. The van der Waals surface area contributed by atoms with Gasteiger partial charge in [-0.25, -0.2) is 13.2 Å². The maximum absolute atomic E-state index is 11.6. The fraction of sp³-hybridized carbons (Fsp3) is 0.650. The summed E-state index contributed by atoms with van der Waals surface area (Å²) < 4.78 is 30.6. The highest BCUT2D eigenvalue weighted by molar-refractivity contribution is 7.88. The van der Waals surface area contributed by atoms with Gasteiger partial charge in [-0.15, -0.1) is 0 Å². The van der Waals surface area contributed by atoms with E-state index in [-0.39, 0.29) is 18.7 Å². The average molecular weight is 440 g/mol. The van der Waals surface area contributed by atoms with Gasteiger partial charge in [0, 0.05) is 56.8 Å². The standard InChI is InChI=1S/C20H29N3O6S/c1-30(27,28)22-10-8-21(9-11-22)15-4-6-18(7-5-15)29-14-20(26)12-16-2-3-17(13-20)23(16)19(24)25/h4-7,16-17,26H,2-3,8-14H2,1H3,(H,24,25)/t16-,17+,20+. The Bertz CT molecular complexity index is 868. The number of sulfonamides is 1. The van der Waals surface area contributed by atoms with Crippen molar-refractivity contribution in [3.8, 4) is 5.75 Å². The van der Waals surface area contributed by atoms with E-state index >= 15 is 0 Å². The number of ether oxygens (including phenoxy) is 1. The van der Waals surface area contributed by atoms with Crippen LogP contribution in [0.1, 0.15) is 25.7 Å². The van der Waals surface area contributed by atoms with Crippen LogP contribution in [-0.4, -0.2) is 90.7 Å². The fourth-order valence-corrected chi connectivity index (χ4v) is 5.83. The second-order valence-electron chi connectivity index (χ2n) is 8.64. The highest BCUT2D eigenvalue weighted by Gasteiger charge is 2.49. The molecule has 0 saturated carbocycles. The summed E-state index contributed by atoms with van der Waals surface area (Å²) in [6, 6.07) is 7.30. The molecule has 3 fully saturated rings. The molecule has 2 N–H and O–H groups in total. The Labute approximate surface area is 176 Å². The Morgan fingerprint density at radius 2 is 1.67 bits per heavy atom. The van der Waals surface area contributed by atoms with E-state index in [0.717, 1.165) is 18.5 Å². The first-order valence-electron chi connectivity index (χ1n) is 10.3. The van der Waals surface area contributed by atoms with Crippen LogP contribution in [0.25, 0.3) is 0 Å². The minimum absolute atomic E-state index is 0.136. The molecule has 2 bridgehead atoms. The summed E-state index contributed by atoms with van der Waals surface area (Å²) >= 11 is 0. The van der Waals surface area contributed by atoms with Gasteiger partial charge in [0.25, 0.3) is 0 Å². The third-order valence-corrected chi connectivity index (χ3v) is 7.79. The molecule has 0 spiro atoms. The second-order valence-corrected chi connectivity index (χ2v) is 10.6. The number of benzene rings is 1. The van der Waals surface area contributed by atoms with Crippen LogP contribution in [0.2, 0.25) is 0 Å². The minimum atomic E-state index is -3.15. The molecule has 166 valence electrons. The van der Waals surface area contributed by atoms with Crippen LogP contribution in [-0.2, 0) is 10.0 Å². The molecule has 3 heterocycles. The number of nitrogens with zero attached hydrogens (tertiary/aromatic N) is 3. The van der Waals surface area contributed by atoms with E-state index in [2.05, 4.69) is 4.90 Å². The molecular formula is C20H29N3O6S. The quantitative estimate of drug-likeness (QED) is 0.709. The molecule has 3 aliphatic rings. The first kappa shape index (κ1) is 21.2. The SMILES string of the molecule is CS(=O)(=O)N1CCN(c2ccc(OC[C@]3(O)C[C@H]4CC[C@@H](C3)N4C(=O)O)cc2)CC1. The maximum atomic E-state index is 11.6. The first-order valence-corrected chi connectivity index (χ1v) is 12.2. The van der Waals surface area contributed by atoms with Gasteiger partial charge in [-0.1, -0.05) is 0 Å². The van der Waals surface area contributed by atoms with Gasteiger partial charge >= 0.3 is 6.09 Å². The lowest BCUT2D eigenvalue weighted by Crippen LogP contribution is -2.55. The second kappa shape index (κ2) is 7.90. The Morgan fingerprint density at radius 3 is 2.17 bits per heavy atom. The van der Waals surface area contributed by atoms with Crippen molar-refractivity contribution in [2.75, 3.05) is 43.9 Å². The normalized spacial score (nSPS) is 29.8. The molecule has 3 atom stereocenters. The molecule has 0 aliphatic carbocycles. The summed E-state index contributed by atoms with van der Waals surface area (Å²) in [6.07, 6.45) is 2.72. The fourth-order valence-electron chi connectivity index (χ4n) is 5.00. The van der Waals surface area contributed by atoms with E-state index in [4.69, 9.17) is 4.74 Å².